The molecule has 0 spiro atoms. The van der Waals surface area contributed by atoms with Gasteiger partial charge in [-0.1, -0.05) is 27.7 Å². The Kier molecular flexibility index (Phi) is 3.77. The molecule has 0 aromatic heterocycles. The van der Waals surface area contributed by atoms with E-state index in [1.807, 2.05) is 20.8 Å². The van der Waals surface area contributed by atoms with E-state index >= 15 is 0 Å². The maximum Gasteiger partial charge on any atom is 0.306 e. The SMILES string of the molecule is CCC1(COC(=O)CC(C)(C)C)COC1. The first-order valence-corrected chi connectivity index (χ1v) is 5.60. The molecule has 0 saturated carbocycles. The van der Waals surface area contributed by atoms with Crippen molar-refractivity contribution in [3.63, 3.8) is 0 Å². The van der Waals surface area contributed by atoms with E-state index in [0.29, 0.717) is 13.0 Å². The van der Waals surface area contributed by atoms with Crippen molar-refractivity contribution >= 4 is 5.97 Å². The van der Waals surface area contributed by atoms with Crippen molar-refractivity contribution in [3.8, 4) is 0 Å². The minimum absolute atomic E-state index is 0.00652. The van der Waals surface area contributed by atoms with Crippen LogP contribution in [0.2, 0.25) is 0 Å². The molecule has 0 aromatic carbocycles. The zero-order valence-electron chi connectivity index (χ0n) is 10.3. The van der Waals surface area contributed by atoms with Gasteiger partial charge in [0, 0.05) is 0 Å². The summed E-state index contributed by atoms with van der Waals surface area (Å²) in [5.74, 6) is -0.0952. The lowest BCUT2D eigenvalue weighted by Crippen LogP contribution is -2.46. The van der Waals surface area contributed by atoms with Crippen molar-refractivity contribution in [1.82, 2.24) is 0 Å². The third-order valence-corrected chi connectivity index (χ3v) is 2.78. The van der Waals surface area contributed by atoms with Crippen LogP contribution < -0.4 is 0 Å². The van der Waals surface area contributed by atoms with Gasteiger partial charge in [0.15, 0.2) is 0 Å². The van der Waals surface area contributed by atoms with Crippen molar-refractivity contribution in [1.29, 1.82) is 0 Å². The lowest BCUT2D eigenvalue weighted by atomic mass is 9.84. The predicted octanol–water partition coefficient (Wildman–Crippen LogP) is 2.39. The number of hydrogen-bond donors (Lipinski definition) is 0. The Bertz CT molecular complexity index is 218. The van der Waals surface area contributed by atoms with Gasteiger partial charge in [0.1, 0.15) is 6.61 Å². The summed E-state index contributed by atoms with van der Waals surface area (Å²) in [7, 11) is 0. The second kappa shape index (κ2) is 4.52. The van der Waals surface area contributed by atoms with Gasteiger partial charge in [-0.15, -0.1) is 0 Å². The fraction of sp³-hybridized carbons (Fsp3) is 0.917. The van der Waals surface area contributed by atoms with Gasteiger partial charge in [-0.2, -0.15) is 0 Å². The zero-order valence-corrected chi connectivity index (χ0v) is 10.3. The Hall–Kier alpha value is -0.570. The molecule has 0 N–H and O–H groups in total. The van der Waals surface area contributed by atoms with Gasteiger partial charge in [0.2, 0.25) is 0 Å². The molecular formula is C12H22O3. The topological polar surface area (TPSA) is 35.5 Å². The van der Waals surface area contributed by atoms with Crippen LogP contribution in [-0.4, -0.2) is 25.8 Å². The predicted molar refractivity (Wildman–Crippen MR) is 58.6 cm³/mol. The molecule has 1 rings (SSSR count). The van der Waals surface area contributed by atoms with Crippen molar-refractivity contribution in [2.75, 3.05) is 19.8 Å². The van der Waals surface area contributed by atoms with E-state index < -0.39 is 0 Å². The highest BCUT2D eigenvalue weighted by Gasteiger charge is 2.38. The highest BCUT2D eigenvalue weighted by Crippen LogP contribution is 2.31. The number of ether oxygens (including phenoxy) is 2. The molecule has 0 bridgehead atoms. The van der Waals surface area contributed by atoms with Crippen LogP contribution in [0.3, 0.4) is 0 Å². The van der Waals surface area contributed by atoms with E-state index in [9.17, 15) is 4.79 Å². The molecule has 3 heteroatoms. The number of esters is 1. The van der Waals surface area contributed by atoms with E-state index in [1.165, 1.54) is 0 Å². The molecule has 1 fully saturated rings. The van der Waals surface area contributed by atoms with Crippen LogP contribution in [0.4, 0.5) is 0 Å². The number of carbonyl (C=O) groups is 1. The molecule has 88 valence electrons. The summed E-state index contributed by atoms with van der Waals surface area (Å²) in [5, 5.41) is 0. The summed E-state index contributed by atoms with van der Waals surface area (Å²) in [6.07, 6.45) is 1.49. The fourth-order valence-corrected chi connectivity index (χ4v) is 1.50. The molecule has 0 atom stereocenters. The van der Waals surface area contributed by atoms with Crippen molar-refractivity contribution in [2.24, 2.45) is 10.8 Å². The molecule has 15 heavy (non-hydrogen) atoms. The quantitative estimate of drug-likeness (QED) is 0.674. The third kappa shape index (κ3) is 3.82. The van der Waals surface area contributed by atoms with Crippen molar-refractivity contribution < 1.29 is 14.3 Å². The normalized spacial score (nSPS) is 19.5. The van der Waals surface area contributed by atoms with Gasteiger partial charge in [-0.3, -0.25) is 4.79 Å². The maximum atomic E-state index is 11.5. The average Bonchev–Trinajstić information content (AvgIpc) is 1.99. The lowest BCUT2D eigenvalue weighted by molar-refractivity contribution is -0.171. The van der Waals surface area contributed by atoms with E-state index in [1.54, 1.807) is 0 Å². The van der Waals surface area contributed by atoms with Crippen molar-refractivity contribution in [2.45, 2.75) is 40.5 Å². The molecule has 0 aliphatic carbocycles. The Morgan fingerprint density at radius 3 is 2.33 bits per heavy atom. The van der Waals surface area contributed by atoms with Gasteiger partial charge in [-0.05, 0) is 11.8 Å². The summed E-state index contributed by atoms with van der Waals surface area (Å²) >= 11 is 0. The fourth-order valence-electron chi connectivity index (χ4n) is 1.50. The van der Waals surface area contributed by atoms with Gasteiger partial charge in [0.25, 0.3) is 0 Å². The highest BCUT2D eigenvalue weighted by molar-refractivity contribution is 5.70. The largest absolute Gasteiger partial charge is 0.465 e. The summed E-state index contributed by atoms with van der Waals surface area (Å²) in [6.45, 7) is 10.2. The number of hydrogen-bond acceptors (Lipinski definition) is 3. The summed E-state index contributed by atoms with van der Waals surface area (Å²) in [5.41, 5.74) is 0.111. The first kappa shape index (κ1) is 12.5. The van der Waals surface area contributed by atoms with Crippen LogP contribution in [0.15, 0.2) is 0 Å². The van der Waals surface area contributed by atoms with E-state index in [4.69, 9.17) is 9.47 Å². The van der Waals surface area contributed by atoms with Crippen LogP contribution in [0, 0.1) is 10.8 Å². The van der Waals surface area contributed by atoms with E-state index in [-0.39, 0.29) is 16.8 Å². The van der Waals surface area contributed by atoms with E-state index in [2.05, 4.69) is 6.92 Å². The molecule has 0 radical (unpaired) electrons. The second-order valence-corrected chi connectivity index (χ2v) is 5.74. The van der Waals surface area contributed by atoms with Crippen LogP contribution in [0.1, 0.15) is 40.5 Å². The third-order valence-electron chi connectivity index (χ3n) is 2.78. The highest BCUT2D eigenvalue weighted by atomic mass is 16.5. The van der Waals surface area contributed by atoms with Gasteiger partial charge >= 0.3 is 5.97 Å². The Morgan fingerprint density at radius 2 is 2.00 bits per heavy atom. The minimum Gasteiger partial charge on any atom is -0.465 e. The van der Waals surface area contributed by atoms with Crippen LogP contribution in [-0.2, 0) is 14.3 Å². The molecule has 3 nitrogen and oxygen atoms in total. The van der Waals surface area contributed by atoms with E-state index in [0.717, 1.165) is 19.6 Å². The number of rotatable bonds is 4. The monoisotopic (exact) mass is 214 g/mol. The molecule has 0 aromatic rings. The summed E-state index contributed by atoms with van der Waals surface area (Å²) < 4.78 is 10.5. The standard InChI is InChI=1S/C12H22O3/c1-5-12(7-14-8-12)9-15-10(13)6-11(2,3)4/h5-9H2,1-4H3. The molecule has 1 aliphatic heterocycles. The van der Waals surface area contributed by atoms with Gasteiger partial charge < -0.3 is 9.47 Å². The molecule has 0 unspecified atom stereocenters. The molecule has 1 saturated heterocycles. The maximum absolute atomic E-state index is 11.5. The lowest BCUT2D eigenvalue weighted by Gasteiger charge is -2.40. The molecule has 1 aliphatic rings. The second-order valence-electron chi connectivity index (χ2n) is 5.74. The summed E-state index contributed by atoms with van der Waals surface area (Å²) in [4.78, 5) is 11.5. The zero-order chi connectivity index (χ0) is 11.5. The Morgan fingerprint density at radius 1 is 1.40 bits per heavy atom. The Balaban J connectivity index is 2.27. The van der Waals surface area contributed by atoms with Crippen LogP contribution in [0.5, 0.6) is 0 Å². The first-order valence-electron chi connectivity index (χ1n) is 5.60. The summed E-state index contributed by atoms with van der Waals surface area (Å²) in [6, 6.07) is 0. The average molecular weight is 214 g/mol. The van der Waals surface area contributed by atoms with Gasteiger partial charge in [-0.25, -0.2) is 0 Å². The number of carbonyl (C=O) groups excluding carboxylic acids is 1. The van der Waals surface area contributed by atoms with Crippen LogP contribution >= 0.6 is 0 Å². The van der Waals surface area contributed by atoms with Crippen LogP contribution in [0.25, 0.3) is 0 Å². The molecular weight excluding hydrogens is 192 g/mol. The Labute approximate surface area is 92.1 Å². The van der Waals surface area contributed by atoms with Crippen molar-refractivity contribution in [3.05, 3.63) is 0 Å². The first-order chi connectivity index (χ1) is 6.87. The smallest absolute Gasteiger partial charge is 0.306 e. The molecule has 0 amide bonds. The molecule has 1 heterocycles. The minimum atomic E-state index is -0.0952. The van der Waals surface area contributed by atoms with Gasteiger partial charge in [0.05, 0.1) is 25.0 Å².